The number of carbonyl (C=O) groups excluding carboxylic acids is 1. The number of ether oxygens (including phenoxy) is 1. The Bertz CT molecular complexity index is 744. The summed E-state index contributed by atoms with van der Waals surface area (Å²) < 4.78 is 5.87. The largest absolute Gasteiger partial charge is 0.488 e. The van der Waals surface area contributed by atoms with Gasteiger partial charge in [-0.3, -0.25) is 4.79 Å². The van der Waals surface area contributed by atoms with E-state index in [9.17, 15) is 4.79 Å². The molecule has 0 aliphatic rings. The molecule has 0 atom stereocenters. The summed E-state index contributed by atoms with van der Waals surface area (Å²) in [7, 11) is 4.06. The van der Waals surface area contributed by atoms with Gasteiger partial charge in [0.15, 0.2) is 0 Å². The highest BCUT2D eigenvalue weighted by atomic mass is 35.5. The maximum Gasteiger partial charge on any atom is 0.255 e. The second-order valence-electron chi connectivity index (χ2n) is 7.46. The third-order valence-corrected chi connectivity index (χ3v) is 4.31. The van der Waals surface area contributed by atoms with Gasteiger partial charge in [0.1, 0.15) is 12.4 Å². The highest BCUT2D eigenvalue weighted by Crippen LogP contribution is 2.22. The van der Waals surface area contributed by atoms with Gasteiger partial charge in [0, 0.05) is 23.7 Å². The number of para-hydroxylation sites is 1. The zero-order chi connectivity index (χ0) is 19.2. The van der Waals surface area contributed by atoms with E-state index in [1.807, 2.05) is 50.5 Å². The van der Waals surface area contributed by atoms with Crippen LogP contribution in [-0.4, -0.2) is 38.0 Å². The number of halogens is 1. The normalized spacial score (nSPS) is 11.5. The molecular formula is C21H27ClN2O2. The number of hydrogen-bond acceptors (Lipinski definition) is 3. The zero-order valence-electron chi connectivity index (χ0n) is 15.9. The highest BCUT2D eigenvalue weighted by molar-refractivity contribution is 6.31. The summed E-state index contributed by atoms with van der Waals surface area (Å²) in [6, 6.07) is 14.8. The van der Waals surface area contributed by atoms with E-state index in [2.05, 4.69) is 24.1 Å². The van der Waals surface area contributed by atoms with Gasteiger partial charge in [-0.25, -0.2) is 0 Å². The van der Waals surface area contributed by atoms with Crippen molar-refractivity contribution in [2.75, 3.05) is 27.2 Å². The minimum atomic E-state index is -0.133. The molecule has 2 aromatic rings. The summed E-state index contributed by atoms with van der Waals surface area (Å²) in [6.45, 7) is 6.05. The second-order valence-corrected chi connectivity index (χ2v) is 7.87. The summed E-state index contributed by atoms with van der Waals surface area (Å²) in [5.74, 6) is 0.418. The van der Waals surface area contributed by atoms with Gasteiger partial charge < -0.3 is 15.0 Å². The maximum atomic E-state index is 12.6. The van der Waals surface area contributed by atoms with Crippen LogP contribution in [0.4, 0.5) is 0 Å². The van der Waals surface area contributed by atoms with Gasteiger partial charge in [-0.1, -0.05) is 55.8 Å². The number of rotatable bonds is 8. The molecular weight excluding hydrogens is 348 g/mol. The van der Waals surface area contributed by atoms with E-state index in [0.717, 1.165) is 12.1 Å². The van der Waals surface area contributed by atoms with E-state index in [1.54, 1.807) is 12.1 Å². The van der Waals surface area contributed by atoms with Gasteiger partial charge in [-0.05, 0) is 37.7 Å². The van der Waals surface area contributed by atoms with Crippen LogP contribution in [0.5, 0.6) is 5.75 Å². The summed E-state index contributed by atoms with van der Waals surface area (Å²) in [4.78, 5) is 14.8. The van der Waals surface area contributed by atoms with Crippen molar-refractivity contribution in [2.24, 2.45) is 5.41 Å². The Labute approximate surface area is 161 Å². The molecule has 2 aromatic carbocycles. The van der Waals surface area contributed by atoms with Crippen molar-refractivity contribution in [3.63, 3.8) is 0 Å². The Morgan fingerprint density at radius 1 is 1.12 bits per heavy atom. The molecule has 2 rings (SSSR count). The van der Waals surface area contributed by atoms with Gasteiger partial charge in [0.05, 0.1) is 5.56 Å². The molecule has 1 N–H and O–H groups in total. The van der Waals surface area contributed by atoms with Crippen LogP contribution in [0.15, 0.2) is 48.5 Å². The van der Waals surface area contributed by atoms with Crippen LogP contribution in [0, 0.1) is 5.41 Å². The van der Waals surface area contributed by atoms with Crippen LogP contribution < -0.4 is 10.1 Å². The fourth-order valence-electron chi connectivity index (χ4n) is 2.88. The Hall–Kier alpha value is -2.04. The van der Waals surface area contributed by atoms with Crippen molar-refractivity contribution in [2.45, 2.75) is 20.5 Å². The minimum absolute atomic E-state index is 0.0213. The number of carbonyl (C=O) groups is 1. The Kier molecular flexibility index (Phi) is 7.06. The zero-order valence-corrected chi connectivity index (χ0v) is 16.6. The van der Waals surface area contributed by atoms with E-state index in [0.29, 0.717) is 29.5 Å². The van der Waals surface area contributed by atoms with Crippen LogP contribution >= 0.6 is 11.6 Å². The fraction of sp³-hybridized carbons (Fsp3) is 0.381. The molecule has 0 aliphatic heterocycles. The number of nitrogens with zero attached hydrogens (tertiary/aromatic N) is 1. The monoisotopic (exact) mass is 374 g/mol. The first-order chi connectivity index (χ1) is 12.3. The topological polar surface area (TPSA) is 41.6 Å². The summed E-state index contributed by atoms with van der Waals surface area (Å²) in [5.41, 5.74) is 1.39. The average Bonchev–Trinajstić information content (AvgIpc) is 2.58. The lowest BCUT2D eigenvalue weighted by Crippen LogP contribution is -2.40. The molecule has 140 valence electrons. The molecule has 5 heteroatoms. The van der Waals surface area contributed by atoms with Gasteiger partial charge in [0.2, 0.25) is 0 Å². The van der Waals surface area contributed by atoms with Crippen LogP contribution in [0.1, 0.15) is 29.8 Å². The quantitative estimate of drug-likeness (QED) is 0.751. The van der Waals surface area contributed by atoms with E-state index in [-0.39, 0.29) is 11.3 Å². The molecule has 0 aromatic heterocycles. The van der Waals surface area contributed by atoms with Gasteiger partial charge in [0.25, 0.3) is 5.91 Å². The van der Waals surface area contributed by atoms with Crippen molar-refractivity contribution in [3.05, 3.63) is 64.7 Å². The van der Waals surface area contributed by atoms with Crippen molar-refractivity contribution >= 4 is 17.5 Å². The maximum absolute atomic E-state index is 12.6. The lowest BCUT2D eigenvalue weighted by molar-refractivity contribution is 0.0924. The predicted octanol–water partition coefficient (Wildman–Crippen LogP) is 4.24. The molecule has 0 fully saturated rings. The van der Waals surface area contributed by atoms with Crippen molar-refractivity contribution in [1.82, 2.24) is 10.2 Å². The third kappa shape index (κ3) is 6.04. The second kappa shape index (κ2) is 9.06. The lowest BCUT2D eigenvalue weighted by Gasteiger charge is -2.28. The summed E-state index contributed by atoms with van der Waals surface area (Å²) >= 11 is 6.17. The first-order valence-electron chi connectivity index (χ1n) is 8.67. The summed E-state index contributed by atoms with van der Waals surface area (Å²) in [6.07, 6.45) is 0. The molecule has 1 amide bonds. The predicted molar refractivity (Wildman–Crippen MR) is 107 cm³/mol. The van der Waals surface area contributed by atoms with Crippen LogP contribution in [0.2, 0.25) is 5.02 Å². The molecule has 0 spiro atoms. The van der Waals surface area contributed by atoms with E-state index >= 15 is 0 Å². The Morgan fingerprint density at radius 3 is 2.46 bits per heavy atom. The summed E-state index contributed by atoms with van der Waals surface area (Å²) in [5, 5.41) is 3.68. The van der Waals surface area contributed by atoms with Crippen LogP contribution in [0.25, 0.3) is 0 Å². The van der Waals surface area contributed by atoms with Crippen molar-refractivity contribution in [1.29, 1.82) is 0 Å². The smallest absolute Gasteiger partial charge is 0.255 e. The van der Waals surface area contributed by atoms with Crippen molar-refractivity contribution < 1.29 is 9.53 Å². The van der Waals surface area contributed by atoms with Crippen molar-refractivity contribution in [3.8, 4) is 5.75 Å². The van der Waals surface area contributed by atoms with E-state index < -0.39 is 0 Å². The Morgan fingerprint density at radius 2 is 1.77 bits per heavy atom. The van der Waals surface area contributed by atoms with E-state index in [4.69, 9.17) is 16.3 Å². The number of amides is 1. The van der Waals surface area contributed by atoms with Crippen LogP contribution in [-0.2, 0) is 6.61 Å². The SMILES string of the molecule is CN(C)CC(C)(C)CNC(=O)c1ccccc1OCc1ccccc1Cl. The lowest BCUT2D eigenvalue weighted by atomic mass is 9.93. The van der Waals surface area contributed by atoms with Gasteiger partial charge >= 0.3 is 0 Å². The number of benzene rings is 2. The Balaban J connectivity index is 2.03. The van der Waals surface area contributed by atoms with Crippen LogP contribution in [0.3, 0.4) is 0 Å². The van der Waals surface area contributed by atoms with Gasteiger partial charge in [-0.2, -0.15) is 0 Å². The molecule has 4 nitrogen and oxygen atoms in total. The number of nitrogens with one attached hydrogen (secondary N) is 1. The first kappa shape index (κ1) is 20.3. The molecule has 0 radical (unpaired) electrons. The highest BCUT2D eigenvalue weighted by Gasteiger charge is 2.21. The standard InChI is InChI=1S/C21H27ClN2O2/c1-21(2,15-24(3)4)14-23-20(25)17-10-6-8-12-19(17)26-13-16-9-5-7-11-18(16)22/h5-12H,13-15H2,1-4H3,(H,23,25). The molecule has 26 heavy (non-hydrogen) atoms. The third-order valence-electron chi connectivity index (χ3n) is 3.94. The van der Waals surface area contributed by atoms with E-state index in [1.165, 1.54) is 0 Å². The van der Waals surface area contributed by atoms with Gasteiger partial charge in [-0.15, -0.1) is 0 Å². The minimum Gasteiger partial charge on any atom is -0.488 e. The molecule has 0 saturated carbocycles. The molecule has 0 heterocycles. The first-order valence-corrected chi connectivity index (χ1v) is 9.04. The fourth-order valence-corrected chi connectivity index (χ4v) is 3.07. The molecule has 0 saturated heterocycles. The molecule has 0 aliphatic carbocycles. The average molecular weight is 375 g/mol. The molecule has 0 unspecified atom stereocenters. The number of hydrogen-bond donors (Lipinski definition) is 1. The molecule has 0 bridgehead atoms.